The number of H-pyrrole nitrogens is 1. The van der Waals surface area contributed by atoms with Crippen molar-refractivity contribution in [3.63, 3.8) is 0 Å². The van der Waals surface area contributed by atoms with Gasteiger partial charge in [0.25, 0.3) is 5.91 Å². The molecule has 0 atom stereocenters. The molecule has 0 aliphatic heterocycles. The normalized spacial score (nSPS) is 10.9. The van der Waals surface area contributed by atoms with Crippen LogP contribution >= 0.6 is 0 Å². The minimum atomic E-state index is 0.00800. The van der Waals surface area contributed by atoms with Gasteiger partial charge < -0.3 is 9.88 Å². The van der Waals surface area contributed by atoms with Crippen LogP contribution in [-0.2, 0) is 13.0 Å². The van der Waals surface area contributed by atoms with Crippen molar-refractivity contribution in [1.82, 2.24) is 14.9 Å². The summed E-state index contributed by atoms with van der Waals surface area (Å²) in [5.74, 6) is 0.00800. The maximum Gasteiger partial charge on any atom is 0.270 e. The Morgan fingerprint density at radius 3 is 2.61 bits per heavy atom. The molecular weight excluding hydrogens is 346 g/mol. The van der Waals surface area contributed by atoms with Crippen molar-refractivity contribution in [3.05, 3.63) is 102 Å². The van der Waals surface area contributed by atoms with Crippen LogP contribution in [0.1, 0.15) is 27.2 Å². The zero-order valence-corrected chi connectivity index (χ0v) is 15.9. The van der Waals surface area contributed by atoms with E-state index in [1.165, 1.54) is 11.1 Å². The highest BCUT2D eigenvalue weighted by atomic mass is 16.2. The molecule has 140 valence electrons. The first-order valence-corrected chi connectivity index (χ1v) is 9.50. The van der Waals surface area contributed by atoms with E-state index in [1.807, 2.05) is 53.6 Å². The Morgan fingerprint density at radius 2 is 1.82 bits per heavy atom. The summed E-state index contributed by atoms with van der Waals surface area (Å²) in [6, 6.07) is 22.3. The summed E-state index contributed by atoms with van der Waals surface area (Å²) in [5, 5.41) is 1.05. The molecule has 0 bridgehead atoms. The molecule has 1 amide bonds. The Hall–Kier alpha value is -3.40. The van der Waals surface area contributed by atoms with Crippen LogP contribution in [0.2, 0.25) is 0 Å². The van der Waals surface area contributed by atoms with Gasteiger partial charge in [-0.25, -0.2) is 0 Å². The number of pyridine rings is 1. The summed E-state index contributed by atoms with van der Waals surface area (Å²) < 4.78 is 0. The third-order valence-electron chi connectivity index (χ3n) is 4.91. The molecule has 0 aliphatic carbocycles. The number of aryl methyl sites for hydroxylation is 1. The van der Waals surface area contributed by atoms with Gasteiger partial charge in [0, 0.05) is 36.4 Å². The molecular formula is C24H23N3O. The molecule has 28 heavy (non-hydrogen) atoms. The lowest BCUT2D eigenvalue weighted by Crippen LogP contribution is -2.32. The Morgan fingerprint density at radius 1 is 1.00 bits per heavy atom. The third kappa shape index (κ3) is 4.12. The van der Waals surface area contributed by atoms with Crippen molar-refractivity contribution >= 4 is 16.8 Å². The zero-order valence-electron chi connectivity index (χ0n) is 15.9. The molecule has 4 aromatic rings. The molecule has 1 N–H and O–H groups in total. The van der Waals surface area contributed by atoms with E-state index in [9.17, 15) is 4.79 Å². The first kappa shape index (κ1) is 18.0. The summed E-state index contributed by atoms with van der Waals surface area (Å²) in [6.45, 7) is 3.23. The van der Waals surface area contributed by atoms with Crippen LogP contribution in [0.15, 0.2) is 79.1 Å². The van der Waals surface area contributed by atoms with Gasteiger partial charge in [-0.05, 0) is 48.2 Å². The Labute approximate surface area is 164 Å². The van der Waals surface area contributed by atoms with Crippen molar-refractivity contribution in [2.75, 3.05) is 6.54 Å². The SMILES string of the molecule is Cc1ccc2cc(C(=O)N(CCc3ccccc3)Cc3cccnc3)[nH]c2c1. The summed E-state index contributed by atoms with van der Waals surface area (Å²) in [4.78, 5) is 22.7. The standard InChI is InChI=1S/C24H23N3O/c1-18-9-10-21-15-23(26-22(21)14-18)24(28)27(17-20-8-5-12-25-16-20)13-11-19-6-3-2-4-7-19/h2-10,12,14-16,26H,11,13,17H2,1H3. The van der Waals surface area contributed by atoms with Crippen LogP contribution in [0.4, 0.5) is 0 Å². The Kier molecular flexibility index (Phi) is 5.20. The monoisotopic (exact) mass is 369 g/mol. The number of rotatable bonds is 6. The minimum absolute atomic E-state index is 0.00800. The molecule has 4 rings (SSSR count). The fourth-order valence-corrected chi connectivity index (χ4v) is 3.40. The van der Waals surface area contributed by atoms with Crippen LogP contribution in [0.25, 0.3) is 10.9 Å². The number of aromatic amines is 1. The summed E-state index contributed by atoms with van der Waals surface area (Å²) in [6.07, 6.45) is 4.38. The number of carbonyl (C=O) groups excluding carboxylic acids is 1. The molecule has 0 fully saturated rings. The van der Waals surface area contributed by atoms with Crippen LogP contribution < -0.4 is 0 Å². The summed E-state index contributed by atoms with van der Waals surface area (Å²) in [7, 11) is 0. The Balaban J connectivity index is 1.59. The number of carbonyl (C=O) groups is 1. The lowest BCUT2D eigenvalue weighted by Gasteiger charge is -2.22. The lowest BCUT2D eigenvalue weighted by molar-refractivity contribution is 0.0740. The number of benzene rings is 2. The van der Waals surface area contributed by atoms with Gasteiger partial charge in [0.05, 0.1) is 0 Å². The fraction of sp³-hybridized carbons (Fsp3) is 0.167. The third-order valence-corrected chi connectivity index (χ3v) is 4.91. The maximum atomic E-state index is 13.3. The summed E-state index contributed by atoms with van der Waals surface area (Å²) >= 11 is 0. The van der Waals surface area contributed by atoms with Crippen LogP contribution in [0.5, 0.6) is 0 Å². The number of fused-ring (bicyclic) bond motifs is 1. The highest BCUT2D eigenvalue weighted by Crippen LogP contribution is 2.19. The van der Waals surface area contributed by atoms with Gasteiger partial charge in [-0.1, -0.05) is 48.5 Å². The number of nitrogens with one attached hydrogen (secondary N) is 1. The predicted octanol–water partition coefficient (Wildman–Crippen LogP) is 4.76. The molecule has 0 saturated heterocycles. The first-order chi connectivity index (χ1) is 13.7. The summed E-state index contributed by atoms with van der Waals surface area (Å²) in [5.41, 5.74) is 5.03. The molecule has 2 aromatic carbocycles. The van der Waals surface area contributed by atoms with E-state index >= 15 is 0 Å². The molecule has 0 saturated carbocycles. The number of amides is 1. The molecule has 2 aromatic heterocycles. The van der Waals surface area contributed by atoms with Gasteiger partial charge in [0.2, 0.25) is 0 Å². The van der Waals surface area contributed by atoms with Crippen molar-refractivity contribution in [2.24, 2.45) is 0 Å². The molecule has 0 aliphatic rings. The van der Waals surface area contributed by atoms with Crippen molar-refractivity contribution in [3.8, 4) is 0 Å². The van der Waals surface area contributed by atoms with E-state index in [4.69, 9.17) is 0 Å². The van der Waals surface area contributed by atoms with Crippen molar-refractivity contribution in [1.29, 1.82) is 0 Å². The van der Waals surface area contributed by atoms with E-state index < -0.39 is 0 Å². The number of hydrogen-bond acceptors (Lipinski definition) is 2. The lowest BCUT2D eigenvalue weighted by atomic mass is 10.1. The second-order valence-corrected chi connectivity index (χ2v) is 7.10. The second-order valence-electron chi connectivity index (χ2n) is 7.10. The van der Waals surface area contributed by atoms with Gasteiger partial charge in [-0.2, -0.15) is 0 Å². The second kappa shape index (κ2) is 8.09. The molecule has 4 heteroatoms. The van der Waals surface area contributed by atoms with Gasteiger partial charge in [-0.15, -0.1) is 0 Å². The van der Waals surface area contributed by atoms with E-state index in [2.05, 4.69) is 41.2 Å². The minimum Gasteiger partial charge on any atom is -0.351 e. The molecule has 4 nitrogen and oxygen atoms in total. The van der Waals surface area contributed by atoms with Gasteiger partial charge in [0.15, 0.2) is 0 Å². The maximum absolute atomic E-state index is 13.3. The molecule has 0 unspecified atom stereocenters. The van der Waals surface area contributed by atoms with Crippen LogP contribution in [-0.4, -0.2) is 27.3 Å². The zero-order chi connectivity index (χ0) is 19.3. The predicted molar refractivity (Wildman–Crippen MR) is 112 cm³/mol. The molecule has 2 heterocycles. The van der Waals surface area contributed by atoms with E-state index in [0.29, 0.717) is 18.8 Å². The van der Waals surface area contributed by atoms with Gasteiger partial charge >= 0.3 is 0 Å². The number of aromatic nitrogens is 2. The van der Waals surface area contributed by atoms with Gasteiger partial charge in [-0.3, -0.25) is 9.78 Å². The van der Waals surface area contributed by atoms with E-state index in [0.717, 1.165) is 22.9 Å². The Bertz CT molecular complexity index is 1070. The topological polar surface area (TPSA) is 49.0 Å². The number of hydrogen-bond donors (Lipinski definition) is 1. The highest BCUT2D eigenvalue weighted by molar-refractivity contribution is 5.98. The number of nitrogens with zero attached hydrogens (tertiary/aromatic N) is 2. The fourth-order valence-electron chi connectivity index (χ4n) is 3.40. The largest absolute Gasteiger partial charge is 0.351 e. The van der Waals surface area contributed by atoms with E-state index in [1.54, 1.807) is 6.20 Å². The van der Waals surface area contributed by atoms with Crippen LogP contribution in [0, 0.1) is 6.92 Å². The quantitative estimate of drug-likeness (QED) is 0.533. The average molecular weight is 369 g/mol. The van der Waals surface area contributed by atoms with E-state index in [-0.39, 0.29) is 5.91 Å². The van der Waals surface area contributed by atoms with Crippen molar-refractivity contribution < 1.29 is 4.79 Å². The van der Waals surface area contributed by atoms with Gasteiger partial charge in [0.1, 0.15) is 5.69 Å². The molecule has 0 spiro atoms. The molecule has 0 radical (unpaired) electrons. The highest BCUT2D eigenvalue weighted by Gasteiger charge is 2.18. The first-order valence-electron chi connectivity index (χ1n) is 9.50. The smallest absolute Gasteiger partial charge is 0.270 e. The van der Waals surface area contributed by atoms with Crippen LogP contribution in [0.3, 0.4) is 0 Å². The average Bonchev–Trinajstić information content (AvgIpc) is 3.15. The van der Waals surface area contributed by atoms with Crippen molar-refractivity contribution in [2.45, 2.75) is 19.9 Å².